The van der Waals surface area contributed by atoms with Gasteiger partial charge in [0, 0.05) is 37.0 Å². The number of hydrogen-bond acceptors (Lipinski definition) is 6. The van der Waals surface area contributed by atoms with Crippen LogP contribution in [0.5, 0.6) is 5.88 Å². The number of pyridine rings is 1. The number of cyclic esters (lactones) is 1. The number of ether oxygens (including phenoxy) is 2. The highest BCUT2D eigenvalue weighted by Gasteiger charge is 2.34. The van der Waals surface area contributed by atoms with E-state index >= 15 is 0 Å². The lowest BCUT2D eigenvalue weighted by Gasteiger charge is -2.33. The third kappa shape index (κ3) is 4.34. The van der Waals surface area contributed by atoms with Gasteiger partial charge in [-0.1, -0.05) is 11.6 Å². The largest absolute Gasteiger partial charge is 0.473 e. The summed E-state index contributed by atoms with van der Waals surface area (Å²) in [5.74, 6) is -1.62. The number of fused-ring (bicyclic) bond motifs is 1. The first-order chi connectivity index (χ1) is 17.2. The summed E-state index contributed by atoms with van der Waals surface area (Å²) in [5.41, 5.74) is 2.69. The molecule has 0 aliphatic carbocycles. The van der Waals surface area contributed by atoms with Gasteiger partial charge in [0.15, 0.2) is 6.10 Å². The molecule has 4 heterocycles. The zero-order valence-corrected chi connectivity index (χ0v) is 20.2. The molecule has 12 heteroatoms. The molecule has 1 fully saturated rings. The molecule has 188 valence electrons. The van der Waals surface area contributed by atoms with Gasteiger partial charge in [-0.25, -0.2) is 18.6 Å². The molecule has 9 nitrogen and oxygen atoms in total. The van der Waals surface area contributed by atoms with Crippen molar-refractivity contribution >= 4 is 23.6 Å². The Morgan fingerprint density at radius 1 is 1.31 bits per heavy atom. The summed E-state index contributed by atoms with van der Waals surface area (Å²) < 4.78 is 40.0. The van der Waals surface area contributed by atoms with Crippen LogP contribution in [-0.4, -0.2) is 57.5 Å². The number of aryl methyl sites for hydroxylation is 1. The van der Waals surface area contributed by atoms with E-state index in [0.29, 0.717) is 36.5 Å². The first kappa shape index (κ1) is 24.0. The Hall–Kier alpha value is -3.73. The van der Waals surface area contributed by atoms with Crippen molar-refractivity contribution in [2.24, 2.45) is 7.05 Å². The van der Waals surface area contributed by atoms with E-state index in [9.17, 15) is 18.4 Å². The van der Waals surface area contributed by atoms with Gasteiger partial charge in [-0.05, 0) is 31.5 Å². The smallest absolute Gasteiger partial charge is 0.407 e. The minimum absolute atomic E-state index is 0.0317. The summed E-state index contributed by atoms with van der Waals surface area (Å²) in [6, 6.07) is 4.45. The quantitative estimate of drug-likeness (QED) is 0.554. The Balaban J connectivity index is 1.38. The molecule has 3 aromatic rings. The molecule has 5 rings (SSSR count). The van der Waals surface area contributed by atoms with E-state index in [1.54, 1.807) is 16.6 Å². The van der Waals surface area contributed by atoms with Gasteiger partial charge in [-0.3, -0.25) is 9.48 Å². The number of carbonyl (C=O) groups excluding carboxylic acids is 2. The van der Waals surface area contributed by atoms with Crippen molar-refractivity contribution in [2.75, 3.05) is 19.7 Å². The second kappa shape index (κ2) is 9.38. The lowest BCUT2D eigenvalue weighted by atomic mass is 9.95. The normalized spacial score (nSPS) is 19.0. The third-order valence-corrected chi connectivity index (χ3v) is 6.65. The van der Waals surface area contributed by atoms with Gasteiger partial charge in [0.2, 0.25) is 5.88 Å². The van der Waals surface area contributed by atoms with Gasteiger partial charge in [0.05, 0.1) is 29.5 Å². The number of aromatic nitrogens is 3. The lowest BCUT2D eigenvalue weighted by Crippen LogP contribution is -2.39. The van der Waals surface area contributed by atoms with Crippen molar-refractivity contribution in [3.63, 3.8) is 0 Å². The summed E-state index contributed by atoms with van der Waals surface area (Å²) in [6.07, 6.45) is 0.856. The van der Waals surface area contributed by atoms with Crippen molar-refractivity contribution < 1.29 is 27.8 Å². The van der Waals surface area contributed by atoms with E-state index in [0.717, 1.165) is 11.6 Å². The fraction of sp³-hybridized carbons (Fsp3) is 0.333. The summed E-state index contributed by atoms with van der Waals surface area (Å²) in [7, 11) is 1.70. The van der Waals surface area contributed by atoms with Crippen LogP contribution in [0.25, 0.3) is 11.3 Å². The van der Waals surface area contributed by atoms with E-state index in [4.69, 9.17) is 21.1 Å². The first-order valence-corrected chi connectivity index (χ1v) is 11.7. The lowest BCUT2D eigenvalue weighted by molar-refractivity contribution is 0.0673. The Bertz CT molecular complexity index is 1340. The van der Waals surface area contributed by atoms with Gasteiger partial charge in [0.1, 0.15) is 23.3 Å². The van der Waals surface area contributed by atoms with Crippen molar-refractivity contribution in [1.29, 1.82) is 0 Å². The highest BCUT2D eigenvalue weighted by atomic mass is 35.5. The van der Waals surface area contributed by atoms with Gasteiger partial charge in [-0.15, -0.1) is 0 Å². The number of halogens is 3. The maximum Gasteiger partial charge on any atom is 0.407 e. The molecule has 1 saturated heterocycles. The number of benzene rings is 1. The molecule has 0 radical (unpaired) electrons. The Labute approximate surface area is 210 Å². The number of amides is 2. The predicted molar refractivity (Wildman–Crippen MR) is 125 cm³/mol. The molecule has 2 aromatic heterocycles. The van der Waals surface area contributed by atoms with E-state index in [2.05, 4.69) is 15.4 Å². The zero-order valence-electron chi connectivity index (χ0n) is 19.4. The van der Waals surface area contributed by atoms with Crippen LogP contribution in [0.15, 0.2) is 30.5 Å². The standard InChI is InChI=1S/C24H22ClF2N5O4/c1-12-20-18(21(31(2)30-20)13-7-14(26)9-15(27)8-13)4-6-32(12)23(33)17-3-5-28-22(19(17)25)35-11-16-10-29-24(34)36-16/h3,5,7-9,12,16H,4,6,10-11H2,1-2H3,(H,29,34)/t12-,16?/m1/s1. The van der Waals surface area contributed by atoms with Crippen molar-refractivity contribution in [2.45, 2.75) is 25.5 Å². The number of carbonyl (C=O) groups is 2. The average molecular weight is 518 g/mol. The summed E-state index contributed by atoms with van der Waals surface area (Å²) in [6.45, 7) is 2.52. The summed E-state index contributed by atoms with van der Waals surface area (Å²) in [5, 5.41) is 7.15. The zero-order chi connectivity index (χ0) is 25.6. The fourth-order valence-electron chi connectivity index (χ4n) is 4.62. The topological polar surface area (TPSA) is 98.6 Å². The second-order valence-corrected chi connectivity index (χ2v) is 8.99. The number of alkyl carbamates (subject to hydrolysis) is 1. The van der Waals surface area contributed by atoms with Gasteiger partial charge in [-0.2, -0.15) is 5.10 Å². The highest BCUT2D eigenvalue weighted by molar-refractivity contribution is 6.35. The molecule has 0 spiro atoms. The Morgan fingerprint density at radius 2 is 2.06 bits per heavy atom. The number of nitrogens with one attached hydrogen (secondary N) is 1. The fourth-order valence-corrected chi connectivity index (χ4v) is 4.86. The Kier molecular flexibility index (Phi) is 6.25. The van der Waals surface area contributed by atoms with Crippen LogP contribution in [-0.2, 0) is 18.2 Å². The van der Waals surface area contributed by atoms with Crippen LogP contribution in [0, 0.1) is 11.6 Å². The third-order valence-electron chi connectivity index (χ3n) is 6.28. The molecular weight excluding hydrogens is 496 g/mol. The summed E-state index contributed by atoms with van der Waals surface area (Å²) in [4.78, 5) is 30.4. The molecule has 1 aromatic carbocycles. The molecule has 0 saturated carbocycles. The molecule has 2 aliphatic heterocycles. The second-order valence-electron chi connectivity index (χ2n) is 8.62. The van der Waals surface area contributed by atoms with Crippen LogP contribution in [0.4, 0.5) is 13.6 Å². The summed E-state index contributed by atoms with van der Waals surface area (Å²) >= 11 is 6.47. The molecule has 0 bridgehead atoms. The van der Waals surface area contributed by atoms with Crippen LogP contribution in [0.3, 0.4) is 0 Å². The van der Waals surface area contributed by atoms with Crippen LogP contribution in [0.2, 0.25) is 5.02 Å². The number of hydrogen-bond donors (Lipinski definition) is 1. The first-order valence-electron chi connectivity index (χ1n) is 11.3. The maximum absolute atomic E-state index is 13.9. The predicted octanol–water partition coefficient (Wildman–Crippen LogP) is 3.66. The molecule has 2 amide bonds. The monoisotopic (exact) mass is 517 g/mol. The Morgan fingerprint density at radius 3 is 2.75 bits per heavy atom. The molecule has 2 atom stereocenters. The number of rotatable bonds is 5. The maximum atomic E-state index is 13.9. The molecular formula is C24H22ClF2N5O4. The van der Waals surface area contributed by atoms with Crippen molar-refractivity contribution in [3.05, 3.63) is 63.9 Å². The molecule has 2 aliphatic rings. The minimum Gasteiger partial charge on any atom is -0.473 e. The van der Waals surface area contributed by atoms with Crippen LogP contribution >= 0.6 is 11.6 Å². The highest BCUT2D eigenvalue weighted by Crippen LogP contribution is 2.37. The molecule has 1 unspecified atom stereocenters. The van der Waals surface area contributed by atoms with E-state index < -0.39 is 29.9 Å². The molecule has 36 heavy (non-hydrogen) atoms. The van der Waals surface area contributed by atoms with Crippen LogP contribution < -0.4 is 10.1 Å². The van der Waals surface area contributed by atoms with E-state index in [1.165, 1.54) is 24.4 Å². The van der Waals surface area contributed by atoms with Gasteiger partial charge < -0.3 is 19.7 Å². The van der Waals surface area contributed by atoms with Crippen molar-refractivity contribution in [1.82, 2.24) is 25.0 Å². The van der Waals surface area contributed by atoms with Gasteiger partial charge in [0.25, 0.3) is 5.91 Å². The van der Waals surface area contributed by atoms with Crippen molar-refractivity contribution in [3.8, 4) is 17.1 Å². The average Bonchev–Trinajstić information content (AvgIpc) is 3.40. The van der Waals surface area contributed by atoms with Crippen LogP contribution in [0.1, 0.15) is 34.6 Å². The number of nitrogens with zero attached hydrogens (tertiary/aromatic N) is 4. The SMILES string of the molecule is C[C@@H]1c2nn(C)c(-c3cc(F)cc(F)c3)c2CCN1C(=O)c1ccnc(OCC2CNC(=O)O2)c1Cl. The minimum atomic E-state index is -0.673. The van der Waals surface area contributed by atoms with E-state index in [1.807, 2.05) is 6.92 Å². The molecule has 1 N–H and O–H groups in total. The van der Waals surface area contributed by atoms with Gasteiger partial charge >= 0.3 is 6.09 Å². The van der Waals surface area contributed by atoms with E-state index in [-0.39, 0.29) is 29.0 Å².